The summed E-state index contributed by atoms with van der Waals surface area (Å²) in [6.45, 7) is 2.60. The minimum atomic E-state index is -0.719. The van der Waals surface area contributed by atoms with Gasteiger partial charge in [-0.15, -0.1) is 0 Å². The van der Waals surface area contributed by atoms with E-state index in [-0.39, 0.29) is 5.92 Å². The summed E-state index contributed by atoms with van der Waals surface area (Å²) in [7, 11) is 3.26. The van der Waals surface area contributed by atoms with Crippen LogP contribution >= 0.6 is 0 Å². The molecule has 5 nitrogen and oxygen atoms in total. The molecule has 30 heavy (non-hydrogen) atoms. The van der Waals surface area contributed by atoms with Gasteiger partial charge in [-0.2, -0.15) is 0 Å². The highest BCUT2D eigenvalue weighted by molar-refractivity contribution is 5.77. The number of methoxy groups -OCH3 is 2. The van der Waals surface area contributed by atoms with Gasteiger partial charge in [-0.1, -0.05) is 18.2 Å². The van der Waals surface area contributed by atoms with Crippen LogP contribution in [-0.4, -0.2) is 23.9 Å². The number of aliphatic hydroxyl groups excluding tert-OH is 1. The number of furan rings is 1. The Morgan fingerprint density at radius 3 is 2.27 bits per heavy atom. The summed E-state index contributed by atoms with van der Waals surface area (Å²) >= 11 is 0. The van der Waals surface area contributed by atoms with Gasteiger partial charge in [-0.05, 0) is 48.9 Å². The van der Waals surface area contributed by atoms with Crippen molar-refractivity contribution < 1.29 is 19.0 Å². The van der Waals surface area contributed by atoms with Gasteiger partial charge in [0.25, 0.3) is 0 Å². The van der Waals surface area contributed by atoms with Crippen molar-refractivity contribution in [3.05, 3.63) is 83.9 Å². The molecule has 0 aliphatic heterocycles. The Bertz CT molecular complexity index is 1060. The number of para-hydroxylation sites is 1. The standard InChI is InChI=1S/C25H27NO4/c1-17-23(28-2)14-19(15-24(17)29-3)25(27)20(16-26-10-6-7-11-26)13-21-12-18-8-4-5-9-22(18)30-21/h4-12,14-15,20,25,27H,13,16H2,1-3H3/t20-,25+/m0/s1. The summed E-state index contributed by atoms with van der Waals surface area (Å²) in [6.07, 6.45) is 3.90. The maximum absolute atomic E-state index is 11.4. The predicted molar refractivity (Wildman–Crippen MR) is 117 cm³/mol. The third-order valence-electron chi connectivity index (χ3n) is 5.61. The first-order chi connectivity index (χ1) is 14.6. The Morgan fingerprint density at radius 1 is 0.967 bits per heavy atom. The average molecular weight is 405 g/mol. The van der Waals surface area contributed by atoms with Crippen LogP contribution in [0.4, 0.5) is 0 Å². The van der Waals surface area contributed by atoms with E-state index in [0.29, 0.717) is 24.5 Å². The number of aromatic nitrogens is 1. The lowest BCUT2D eigenvalue weighted by Crippen LogP contribution is -2.21. The van der Waals surface area contributed by atoms with Gasteiger partial charge in [0.05, 0.1) is 20.3 Å². The summed E-state index contributed by atoms with van der Waals surface area (Å²) in [6, 6.07) is 17.8. The van der Waals surface area contributed by atoms with E-state index in [1.54, 1.807) is 14.2 Å². The number of hydrogen-bond acceptors (Lipinski definition) is 4. The number of nitrogens with zero attached hydrogens (tertiary/aromatic N) is 1. The maximum atomic E-state index is 11.4. The molecule has 2 aromatic heterocycles. The Balaban J connectivity index is 1.68. The molecule has 4 rings (SSSR count). The van der Waals surface area contributed by atoms with Crippen molar-refractivity contribution in [2.24, 2.45) is 5.92 Å². The monoisotopic (exact) mass is 405 g/mol. The molecular weight excluding hydrogens is 378 g/mol. The van der Waals surface area contributed by atoms with Gasteiger partial charge in [0.2, 0.25) is 0 Å². The van der Waals surface area contributed by atoms with E-state index in [9.17, 15) is 5.11 Å². The smallest absolute Gasteiger partial charge is 0.134 e. The highest BCUT2D eigenvalue weighted by atomic mass is 16.5. The second-order valence-corrected chi connectivity index (χ2v) is 7.59. The van der Waals surface area contributed by atoms with Crippen LogP contribution in [0, 0.1) is 12.8 Å². The average Bonchev–Trinajstić information content (AvgIpc) is 3.42. The number of aliphatic hydroxyl groups is 1. The molecule has 0 saturated heterocycles. The number of fused-ring (bicyclic) bond motifs is 1. The molecule has 0 spiro atoms. The Morgan fingerprint density at radius 2 is 1.63 bits per heavy atom. The minimum absolute atomic E-state index is 0.102. The molecule has 0 bridgehead atoms. The zero-order valence-electron chi connectivity index (χ0n) is 17.5. The molecule has 2 atom stereocenters. The summed E-state index contributed by atoms with van der Waals surface area (Å²) in [5, 5.41) is 12.4. The first-order valence-corrected chi connectivity index (χ1v) is 10.1. The topological polar surface area (TPSA) is 56.8 Å². The summed E-state index contributed by atoms with van der Waals surface area (Å²) in [5.74, 6) is 2.16. The van der Waals surface area contributed by atoms with Gasteiger partial charge in [-0.3, -0.25) is 0 Å². The lowest BCUT2D eigenvalue weighted by Gasteiger charge is -2.24. The SMILES string of the molecule is COc1cc([C@@H](O)[C@@H](Cc2cc3ccccc3o2)Cn2cccc2)cc(OC)c1C. The molecule has 0 aliphatic rings. The van der Waals surface area contributed by atoms with Crippen molar-refractivity contribution in [2.45, 2.75) is 26.0 Å². The summed E-state index contributed by atoms with van der Waals surface area (Å²) in [4.78, 5) is 0. The molecule has 0 amide bonds. The Labute approximate surface area is 176 Å². The predicted octanol–water partition coefficient (Wildman–Crippen LogP) is 5.15. The highest BCUT2D eigenvalue weighted by Crippen LogP contribution is 2.36. The van der Waals surface area contributed by atoms with Crippen molar-refractivity contribution in [1.29, 1.82) is 0 Å². The zero-order chi connectivity index (χ0) is 21.1. The van der Waals surface area contributed by atoms with Gasteiger partial charge in [0.15, 0.2) is 0 Å². The molecule has 0 fully saturated rings. The Kier molecular flexibility index (Phi) is 5.81. The van der Waals surface area contributed by atoms with Crippen LogP contribution in [0.5, 0.6) is 11.5 Å². The fourth-order valence-corrected chi connectivity index (χ4v) is 3.98. The molecule has 0 aliphatic carbocycles. The maximum Gasteiger partial charge on any atom is 0.134 e. The van der Waals surface area contributed by atoms with Crippen molar-refractivity contribution in [3.63, 3.8) is 0 Å². The second kappa shape index (κ2) is 8.67. The van der Waals surface area contributed by atoms with Crippen LogP contribution in [-0.2, 0) is 13.0 Å². The number of hydrogen-bond donors (Lipinski definition) is 1. The molecule has 2 heterocycles. The van der Waals surface area contributed by atoms with Crippen LogP contribution in [0.15, 0.2) is 71.4 Å². The quantitative estimate of drug-likeness (QED) is 0.440. The van der Waals surface area contributed by atoms with Gasteiger partial charge >= 0.3 is 0 Å². The lowest BCUT2D eigenvalue weighted by molar-refractivity contribution is 0.0939. The number of ether oxygens (including phenoxy) is 2. The third-order valence-corrected chi connectivity index (χ3v) is 5.61. The Hall–Kier alpha value is -3.18. The molecule has 156 valence electrons. The minimum Gasteiger partial charge on any atom is -0.496 e. The lowest BCUT2D eigenvalue weighted by atomic mass is 9.90. The van der Waals surface area contributed by atoms with Crippen molar-refractivity contribution in [3.8, 4) is 11.5 Å². The van der Waals surface area contributed by atoms with Gasteiger partial charge in [0.1, 0.15) is 22.8 Å². The number of benzene rings is 2. The van der Waals surface area contributed by atoms with E-state index >= 15 is 0 Å². The number of rotatable bonds is 8. The fourth-order valence-electron chi connectivity index (χ4n) is 3.98. The van der Waals surface area contributed by atoms with E-state index < -0.39 is 6.10 Å². The zero-order valence-corrected chi connectivity index (χ0v) is 17.5. The summed E-state index contributed by atoms with van der Waals surface area (Å²) < 4.78 is 19.1. The molecule has 0 saturated carbocycles. The normalized spacial score (nSPS) is 13.3. The molecule has 0 radical (unpaired) electrons. The van der Waals surface area contributed by atoms with E-state index in [0.717, 1.165) is 27.9 Å². The van der Waals surface area contributed by atoms with E-state index in [2.05, 4.69) is 10.6 Å². The van der Waals surface area contributed by atoms with Crippen LogP contribution in [0.25, 0.3) is 11.0 Å². The molecule has 5 heteroatoms. The fraction of sp³-hybridized carbons (Fsp3) is 0.280. The van der Waals surface area contributed by atoms with Gasteiger partial charge in [0, 0.05) is 42.2 Å². The largest absolute Gasteiger partial charge is 0.496 e. The van der Waals surface area contributed by atoms with Gasteiger partial charge in [-0.25, -0.2) is 0 Å². The van der Waals surface area contributed by atoms with E-state index in [1.807, 2.05) is 67.8 Å². The van der Waals surface area contributed by atoms with Crippen LogP contribution in [0.1, 0.15) is 23.0 Å². The van der Waals surface area contributed by atoms with E-state index in [1.165, 1.54) is 0 Å². The molecular formula is C25H27NO4. The van der Waals surface area contributed by atoms with Gasteiger partial charge < -0.3 is 23.6 Å². The highest BCUT2D eigenvalue weighted by Gasteiger charge is 2.25. The first kappa shape index (κ1) is 20.1. The molecule has 2 aromatic carbocycles. The molecule has 0 unspecified atom stereocenters. The van der Waals surface area contributed by atoms with Crippen LogP contribution in [0.3, 0.4) is 0 Å². The summed E-state index contributed by atoms with van der Waals surface area (Å²) in [5.41, 5.74) is 2.54. The van der Waals surface area contributed by atoms with Crippen molar-refractivity contribution in [2.75, 3.05) is 14.2 Å². The van der Waals surface area contributed by atoms with Crippen molar-refractivity contribution >= 4 is 11.0 Å². The second-order valence-electron chi connectivity index (χ2n) is 7.59. The first-order valence-electron chi connectivity index (χ1n) is 10.1. The molecule has 4 aromatic rings. The van der Waals surface area contributed by atoms with E-state index in [4.69, 9.17) is 13.9 Å². The van der Waals surface area contributed by atoms with Crippen molar-refractivity contribution in [1.82, 2.24) is 4.57 Å². The third kappa shape index (κ3) is 4.07. The molecule has 1 N–H and O–H groups in total. The van der Waals surface area contributed by atoms with Crippen LogP contribution < -0.4 is 9.47 Å². The van der Waals surface area contributed by atoms with Crippen LogP contribution in [0.2, 0.25) is 0 Å².